The quantitative estimate of drug-likeness (QED) is 0.0554. The minimum absolute atomic E-state index is 0.107. The molecule has 5 heteroatoms. The summed E-state index contributed by atoms with van der Waals surface area (Å²) in [4.78, 5) is 23.9. The predicted octanol–water partition coefficient (Wildman–Crippen LogP) is 12.0. The molecule has 0 aliphatic rings. The van der Waals surface area contributed by atoms with Crippen LogP contribution in [0, 0.1) is 0 Å². The Morgan fingerprint density at radius 2 is 0.591 bits per heavy atom. The van der Waals surface area contributed by atoms with E-state index in [1.54, 1.807) is 0 Å². The fourth-order valence-corrected chi connectivity index (χ4v) is 5.85. The van der Waals surface area contributed by atoms with E-state index in [4.69, 9.17) is 9.47 Å². The van der Waals surface area contributed by atoms with Gasteiger partial charge in [0.05, 0.1) is 0 Å². The lowest BCUT2D eigenvalue weighted by atomic mass is 10.0. The van der Waals surface area contributed by atoms with Crippen LogP contribution in [0.2, 0.25) is 0 Å². The first-order valence-electron chi connectivity index (χ1n) is 19.6. The highest BCUT2D eigenvalue weighted by Crippen LogP contribution is 2.15. The maximum atomic E-state index is 12.0. The number of ether oxygens (including phenoxy) is 2. The van der Waals surface area contributed by atoms with Crippen molar-refractivity contribution < 1.29 is 24.2 Å². The highest BCUT2D eigenvalue weighted by molar-refractivity contribution is 5.69. The summed E-state index contributed by atoms with van der Waals surface area (Å²) >= 11 is 0. The maximum Gasteiger partial charge on any atom is 0.305 e. The molecule has 44 heavy (non-hydrogen) atoms. The van der Waals surface area contributed by atoms with Crippen LogP contribution in [-0.2, 0) is 19.1 Å². The van der Waals surface area contributed by atoms with Crippen LogP contribution in [0.25, 0.3) is 0 Å². The second-order valence-corrected chi connectivity index (χ2v) is 13.4. The maximum absolute atomic E-state index is 12.0. The monoisotopic (exact) mass is 625 g/mol. The zero-order chi connectivity index (χ0) is 32.2. The summed E-state index contributed by atoms with van der Waals surface area (Å²) in [6.45, 7) is 4.33. The number of rotatable bonds is 36. The number of unbranched alkanes of at least 4 members (excludes halogenated alkanes) is 28. The van der Waals surface area contributed by atoms with Crippen molar-refractivity contribution in [3.63, 3.8) is 0 Å². The number of aliphatic hydroxyl groups is 1. The standard InChI is InChI=1S/C39H76O5/c1-3-5-7-9-11-13-15-17-19-20-22-24-26-28-30-32-34-39(42)44-36-37(40)35-43-38(41)33-31-29-27-25-23-21-18-16-14-12-10-8-6-4-2/h37,40H,3-36H2,1-2H3/t37-/m0/s1. The molecule has 0 saturated carbocycles. The summed E-state index contributed by atoms with van der Waals surface area (Å²) in [7, 11) is 0. The van der Waals surface area contributed by atoms with Gasteiger partial charge in [0.1, 0.15) is 19.3 Å². The Morgan fingerprint density at radius 3 is 0.818 bits per heavy atom. The Bertz CT molecular complexity index is 593. The molecule has 0 saturated heterocycles. The largest absolute Gasteiger partial charge is 0.463 e. The van der Waals surface area contributed by atoms with Crippen molar-refractivity contribution >= 4 is 11.9 Å². The summed E-state index contributed by atoms with van der Waals surface area (Å²) in [6.07, 6.45) is 38.7. The Balaban J connectivity index is 3.37. The summed E-state index contributed by atoms with van der Waals surface area (Å²) in [6, 6.07) is 0. The normalized spacial score (nSPS) is 12.0. The Morgan fingerprint density at radius 1 is 0.386 bits per heavy atom. The van der Waals surface area contributed by atoms with Crippen LogP contribution in [-0.4, -0.2) is 36.4 Å². The number of hydrogen-bond donors (Lipinski definition) is 1. The molecular formula is C39H76O5. The molecule has 1 atom stereocenters. The summed E-state index contributed by atoms with van der Waals surface area (Å²) in [5, 5.41) is 10.00. The van der Waals surface area contributed by atoms with Gasteiger partial charge in [0.2, 0.25) is 0 Å². The molecule has 0 unspecified atom stereocenters. The molecule has 0 fully saturated rings. The van der Waals surface area contributed by atoms with E-state index < -0.39 is 6.10 Å². The van der Waals surface area contributed by atoms with E-state index >= 15 is 0 Å². The first-order valence-corrected chi connectivity index (χ1v) is 19.6. The van der Waals surface area contributed by atoms with E-state index in [-0.39, 0.29) is 25.2 Å². The Kier molecular flexibility index (Phi) is 35.5. The molecule has 0 aromatic rings. The highest BCUT2D eigenvalue weighted by atomic mass is 16.6. The van der Waals surface area contributed by atoms with Gasteiger partial charge < -0.3 is 14.6 Å². The lowest BCUT2D eigenvalue weighted by Gasteiger charge is -2.12. The lowest BCUT2D eigenvalue weighted by Crippen LogP contribution is -2.25. The van der Waals surface area contributed by atoms with Gasteiger partial charge in [-0.2, -0.15) is 0 Å². The molecule has 0 aromatic carbocycles. The topological polar surface area (TPSA) is 72.8 Å². The van der Waals surface area contributed by atoms with Gasteiger partial charge in [-0.25, -0.2) is 0 Å². The third-order valence-electron chi connectivity index (χ3n) is 8.84. The molecule has 0 aromatic heterocycles. The van der Waals surface area contributed by atoms with Gasteiger partial charge in [0.15, 0.2) is 0 Å². The van der Waals surface area contributed by atoms with Crippen LogP contribution >= 0.6 is 0 Å². The highest BCUT2D eigenvalue weighted by Gasteiger charge is 2.12. The van der Waals surface area contributed by atoms with E-state index in [9.17, 15) is 14.7 Å². The smallest absolute Gasteiger partial charge is 0.305 e. The molecule has 0 aliphatic heterocycles. The van der Waals surface area contributed by atoms with Crippen molar-refractivity contribution in [2.75, 3.05) is 13.2 Å². The molecule has 0 amide bonds. The van der Waals surface area contributed by atoms with Crippen molar-refractivity contribution in [2.45, 2.75) is 225 Å². The fraction of sp³-hybridized carbons (Fsp3) is 0.949. The molecular weight excluding hydrogens is 548 g/mol. The predicted molar refractivity (Wildman–Crippen MR) is 187 cm³/mol. The summed E-state index contributed by atoms with van der Waals surface area (Å²) < 4.78 is 10.3. The van der Waals surface area contributed by atoms with Crippen LogP contribution in [0.5, 0.6) is 0 Å². The van der Waals surface area contributed by atoms with Crippen LogP contribution in [0.4, 0.5) is 0 Å². The van der Waals surface area contributed by atoms with Crippen LogP contribution in [0.15, 0.2) is 0 Å². The van der Waals surface area contributed by atoms with Gasteiger partial charge in [-0.15, -0.1) is 0 Å². The molecule has 0 rings (SSSR count). The van der Waals surface area contributed by atoms with Gasteiger partial charge in [0.25, 0.3) is 0 Å². The third-order valence-corrected chi connectivity index (χ3v) is 8.84. The first-order chi connectivity index (χ1) is 21.6. The third kappa shape index (κ3) is 35.4. The molecule has 0 aliphatic carbocycles. The van der Waals surface area contributed by atoms with Crippen molar-refractivity contribution in [2.24, 2.45) is 0 Å². The van der Waals surface area contributed by atoms with Gasteiger partial charge in [-0.1, -0.05) is 194 Å². The number of carbonyl (C=O) groups is 2. The van der Waals surface area contributed by atoms with Crippen molar-refractivity contribution in [1.29, 1.82) is 0 Å². The Labute approximate surface area is 274 Å². The summed E-state index contributed by atoms with van der Waals surface area (Å²) in [5.74, 6) is -0.550. The van der Waals surface area contributed by atoms with E-state index in [0.29, 0.717) is 12.8 Å². The van der Waals surface area contributed by atoms with Gasteiger partial charge in [0, 0.05) is 12.8 Å². The minimum Gasteiger partial charge on any atom is -0.463 e. The molecule has 262 valence electrons. The van der Waals surface area contributed by atoms with Crippen molar-refractivity contribution in [1.82, 2.24) is 0 Å². The van der Waals surface area contributed by atoms with E-state index in [2.05, 4.69) is 13.8 Å². The van der Waals surface area contributed by atoms with E-state index in [1.165, 1.54) is 167 Å². The van der Waals surface area contributed by atoms with Gasteiger partial charge in [-0.05, 0) is 12.8 Å². The fourth-order valence-electron chi connectivity index (χ4n) is 5.85. The molecule has 0 radical (unpaired) electrons. The number of carbonyl (C=O) groups excluding carboxylic acids is 2. The van der Waals surface area contributed by atoms with Gasteiger partial charge >= 0.3 is 11.9 Å². The zero-order valence-electron chi connectivity index (χ0n) is 29.7. The van der Waals surface area contributed by atoms with Crippen molar-refractivity contribution in [3.8, 4) is 0 Å². The average molecular weight is 625 g/mol. The second kappa shape index (κ2) is 36.4. The lowest BCUT2D eigenvalue weighted by molar-refractivity contribution is -0.152. The molecule has 5 nitrogen and oxygen atoms in total. The van der Waals surface area contributed by atoms with Crippen molar-refractivity contribution in [3.05, 3.63) is 0 Å². The zero-order valence-corrected chi connectivity index (χ0v) is 29.7. The number of esters is 2. The Hall–Kier alpha value is -1.10. The second-order valence-electron chi connectivity index (χ2n) is 13.4. The van der Waals surface area contributed by atoms with Crippen LogP contribution in [0.1, 0.15) is 219 Å². The van der Waals surface area contributed by atoms with E-state index in [1.807, 2.05) is 0 Å². The SMILES string of the molecule is CCCCCCCCCCCCCCCCCCC(=O)OC[C@@H](O)COC(=O)CCCCCCCCCCCCCCCC. The first kappa shape index (κ1) is 42.9. The van der Waals surface area contributed by atoms with E-state index in [0.717, 1.165) is 25.7 Å². The number of hydrogen-bond acceptors (Lipinski definition) is 5. The number of aliphatic hydroxyl groups excluding tert-OH is 1. The molecule has 0 spiro atoms. The molecule has 0 heterocycles. The van der Waals surface area contributed by atoms with Crippen LogP contribution in [0.3, 0.4) is 0 Å². The molecule has 0 bridgehead atoms. The minimum atomic E-state index is -0.954. The van der Waals surface area contributed by atoms with Crippen LogP contribution < -0.4 is 0 Å². The average Bonchev–Trinajstić information content (AvgIpc) is 3.02. The molecule has 1 N–H and O–H groups in total. The summed E-state index contributed by atoms with van der Waals surface area (Å²) in [5.41, 5.74) is 0. The van der Waals surface area contributed by atoms with Gasteiger partial charge in [-0.3, -0.25) is 9.59 Å².